The maximum atomic E-state index is 12.3. The highest BCUT2D eigenvalue weighted by Gasteiger charge is 2.17. The number of hydrogen-bond donors (Lipinski definition) is 2. The lowest BCUT2D eigenvalue weighted by Gasteiger charge is -2.26. The summed E-state index contributed by atoms with van der Waals surface area (Å²) in [5.74, 6) is 0.892. The second-order valence-electron chi connectivity index (χ2n) is 6.63. The van der Waals surface area contributed by atoms with Gasteiger partial charge in [0.25, 0.3) is 0 Å². The fourth-order valence-electron chi connectivity index (χ4n) is 2.99. The minimum Gasteiger partial charge on any atom is -0.379 e. The van der Waals surface area contributed by atoms with Crippen molar-refractivity contribution in [3.63, 3.8) is 0 Å². The molecule has 29 heavy (non-hydrogen) atoms. The molecule has 0 unspecified atom stereocenters. The van der Waals surface area contributed by atoms with Crippen LogP contribution in [0, 0.1) is 0 Å². The summed E-state index contributed by atoms with van der Waals surface area (Å²) in [7, 11) is 0. The number of carbonyl (C=O) groups excluding carboxylic acids is 2. The maximum absolute atomic E-state index is 12.3. The van der Waals surface area contributed by atoms with Gasteiger partial charge < -0.3 is 19.9 Å². The Bertz CT molecular complexity index is 833. The average Bonchev–Trinajstić information content (AvgIpc) is 3.09. The van der Waals surface area contributed by atoms with Crippen LogP contribution in [0.3, 0.4) is 0 Å². The number of anilines is 2. The highest BCUT2D eigenvalue weighted by molar-refractivity contribution is 7.99. The molecule has 1 aromatic heterocycles. The van der Waals surface area contributed by atoms with E-state index in [1.807, 2.05) is 6.92 Å². The van der Waals surface area contributed by atoms with E-state index >= 15 is 0 Å². The first-order valence-corrected chi connectivity index (χ1v) is 10.6. The molecule has 2 heterocycles. The summed E-state index contributed by atoms with van der Waals surface area (Å²) in [6, 6.07) is 7.00. The third-order valence-electron chi connectivity index (χ3n) is 4.40. The van der Waals surface area contributed by atoms with Gasteiger partial charge in [0.15, 0.2) is 5.16 Å². The lowest BCUT2D eigenvalue weighted by molar-refractivity contribution is -0.114. The molecule has 1 fully saturated rings. The van der Waals surface area contributed by atoms with Gasteiger partial charge in [-0.3, -0.25) is 14.5 Å². The van der Waals surface area contributed by atoms with Gasteiger partial charge in [-0.1, -0.05) is 11.8 Å². The first-order chi connectivity index (χ1) is 14.0. The van der Waals surface area contributed by atoms with Gasteiger partial charge in [-0.25, -0.2) is 0 Å². The Kier molecular flexibility index (Phi) is 7.62. The van der Waals surface area contributed by atoms with Crippen molar-refractivity contribution in [1.82, 2.24) is 19.7 Å². The number of nitrogens with zero attached hydrogens (tertiary/aromatic N) is 4. The topological polar surface area (TPSA) is 101 Å². The molecule has 3 rings (SSSR count). The lowest BCUT2D eigenvalue weighted by Crippen LogP contribution is -2.36. The van der Waals surface area contributed by atoms with Crippen molar-refractivity contribution in [1.29, 1.82) is 0 Å². The van der Waals surface area contributed by atoms with E-state index in [-0.39, 0.29) is 17.6 Å². The Labute approximate surface area is 174 Å². The smallest absolute Gasteiger partial charge is 0.234 e. The van der Waals surface area contributed by atoms with Crippen LogP contribution in [0.5, 0.6) is 0 Å². The number of amides is 2. The van der Waals surface area contributed by atoms with Crippen LogP contribution in [0.15, 0.2) is 29.4 Å². The van der Waals surface area contributed by atoms with E-state index in [4.69, 9.17) is 4.74 Å². The van der Waals surface area contributed by atoms with E-state index in [0.29, 0.717) is 11.4 Å². The van der Waals surface area contributed by atoms with E-state index in [9.17, 15) is 9.59 Å². The van der Waals surface area contributed by atoms with Crippen LogP contribution in [-0.2, 0) is 27.4 Å². The first-order valence-electron chi connectivity index (χ1n) is 9.57. The fraction of sp³-hybridized carbons (Fsp3) is 0.474. The number of carbonyl (C=O) groups is 2. The maximum Gasteiger partial charge on any atom is 0.234 e. The summed E-state index contributed by atoms with van der Waals surface area (Å²) in [6.45, 7) is 8.26. The number of ether oxygens (including phenoxy) is 1. The first kappa shape index (κ1) is 21.3. The van der Waals surface area contributed by atoms with E-state index in [0.717, 1.165) is 50.4 Å². The molecule has 2 aromatic rings. The molecule has 0 radical (unpaired) electrons. The molecule has 0 saturated carbocycles. The number of thioether (sulfide) groups is 1. The second kappa shape index (κ2) is 10.4. The van der Waals surface area contributed by atoms with Gasteiger partial charge in [-0.15, -0.1) is 10.2 Å². The molecule has 1 aromatic carbocycles. The van der Waals surface area contributed by atoms with Crippen LogP contribution in [0.2, 0.25) is 0 Å². The lowest BCUT2D eigenvalue weighted by atomic mass is 10.3. The predicted molar refractivity (Wildman–Crippen MR) is 112 cm³/mol. The number of benzene rings is 1. The van der Waals surface area contributed by atoms with Crippen LogP contribution < -0.4 is 10.6 Å². The monoisotopic (exact) mass is 418 g/mol. The largest absolute Gasteiger partial charge is 0.379 e. The molecule has 1 aliphatic heterocycles. The average molecular weight is 419 g/mol. The molecule has 10 heteroatoms. The molecule has 2 N–H and O–H groups in total. The Morgan fingerprint density at radius 2 is 1.76 bits per heavy atom. The molecule has 0 atom stereocenters. The van der Waals surface area contributed by atoms with E-state index in [1.165, 1.54) is 18.7 Å². The summed E-state index contributed by atoms with van der Waals surface area (Å²) >= 11 is 1.37. The highest BCUT2D eigenvalue weighted by atomic mass is 32.2. The molecule has 1 saturated heterocycles. The van der Waals surface area contributed by atoms with Gasteiger partial charge in [-0.05, 0) is 31.2 Å². The summed E-state index contributed by atoms with van der Waals surface area (Å²) < 4.78 is 7.44. The number of rotatable bonds is 8. The molecular formula is C19H26N6O3S. The Balaban J connectivity index is 1.52. The number of nitrogens with one attached hydrogen (secondary N) is 2. The zero-order valence-electron chi connectivity index (χ0n) is 16.7. The third kappa shape index (κ3) is 6.28. The van der Waals surface area contributed by atoms with Crippen molar-refractivity contribution in [2.45, 2.75) is 32.1 Å². The second-order valence-corrected chi connectivity index (χ2v) is 7.57. The van der Waals surface area contributed by atoms with Crippen molar-refractivity contribution in [3.05, 3.63) is 30.1 Å². The molecule has 156 valence electrons. The third-order valence-corrected chi connectivity index (χ3v) is 5.37. The Morgan fingerprint density at radius 1 is 1.10 bits per heavy atom. The van der Waals surface area contributed by atoms with Crippen molar-refractivity contribution < 1.29 is 14.3 Å². The Morgan fingerprint density at radius 3 is 2.38 bits per heavy atom. The quantitative estimate of drug-likeness (QED) is 0.631. The van der Waals surface area contributed by atoms with Crippen molar-refractivity contribution in [3.8, 4) is 0 Å². The van der Waals surface area contributed by atoms with Gasteiger partial charge in [-0.2, -0.15) is 0 Å². The van der Waals surface area contributed by atoms with Gasteiger partial charge in [0.1, 0.15) is 5.82 Å². The highest BCUT2D eigenvalue weighted by Crippen LogP contribution is 2.19. The van der Waals surface area contributed by atoms with Crippen LogP contribution in [-0.4, -0.2) is 63.5 Å². The molecule has 0 spiro atoms. The standard InChI is InChI=1S/C19H26N6O3S/c1-3-25-17(12-24-8-10-28-11-9-24)22-23-19(25)29-13-18(27)21-16-6-4-15(5-7-16)20-14(2)26/h4-7H,3,8-13H2,1-2H3,(H,20,26)(H,21,27). The van der Waals surface area contributed by atoms with Gasteiger partial charge >= 0.3 is 0 Å². The van der Waals surface area contributed by atoms with Crippen LogP contribution in [0.25, 0.3) is 0 Å². The van der Waals surface area contributed by atoms with Crippen LogP contribution in [0.1, 0.15) is 19.7 Å². The Hall–Kier alpha value is -2.43. The minimum atomic E-state index is -0.133. The molecule has 0 aliphatic carbocycles. The summed E-state index contributed by atoms with van der Waals surface area (Å²) in [4.78, 5) is 25.6. The SMILES string of the molecule is CCn1c(CN2CCOCC2)nnc1SCC(=O)Nc1ccc(NC(C)=O)cc1. The summed E-state index contributed by atoms with van der Waals surface area (Å²) in [5, 5.41) is 14.9. The molecule has 1 aliphatic rings. The summed E-state index contributed by atoms with van der Waals surface area (Å²) in [6.07, 6.45) is 0. The van der Waals surface area contributed by atoms with E-state index in [1.54, 1.807) is 24.3 Å². The van der Waals surface area contributed by atoms with Crippen molar-refractivity contribution in [2.24, 2.45) is 0 Å². The van der Waals surface area contributed by atoms with Crippen LogP contribution >= 0.6 is 11.8 Å². The summed E-state index contributed by atoms with van der Waals surface area (Å²) in [5.41, 5.74) is 1.36. The molecule has 9 nitrogen and oxygen atoms in total. The zero-order chi connectivity index (χ0) is 20.6. The van der Waals surface area contributed by atoms with Gasteiger partial charge in [0.2, 0.25) is 11.8 Å². The molecule has 0 bridgehead atoms. The minimum absolute atomic E-state index is 0.123. The van der Waals surface area contributed by atoms with Gasteiger partial charge in [0, 0.05) is 37.9 Å². The predicted octanol–water partition coefficient (Wildman–Crippen LogP) is 1.82. The number of aromatic nitrogens is 3. The zero-order valence-corrected chi connectivity index (χ0v) is 17.5. The number of morpholine rings is 1. The molecule has 2 amide bonds. The van der Waals surface area contributed by atoms with E-state index < -0.39 is 0 Å². The van der Waals surface area contributed by atoms with E-state index in [2.05, 4.69) is 30.3 Å². The fourth-order valence-corrected chi connectivity index (χ4v) is 3.81. The number of hydrogen-bond acceptors (Lipinski definition) is 7. The van der Waals surface area contributed by atoms with Crippen molar-refractivity contribution in [2.75, 3.05) is 42.7 Å². The van der Waals surface area contributed by atoms with Crippen LogP contribution in [0.4, 0.5) is 11.4 Å². The van der Waals surface area contributed by atoms with Gasteiger partial charge in [0.05, 0.1) is 25.5 Å². The normalized spacial score (nSPS) is 14.6. The van der Waals surface area contributed by atoms with Crippen molar-refractivity contribution >= 4 is 35.0 Å². The molecular weight excluding hydrogens is 392 g/mol.